The number of nitrogens with zero attached hydrogens (tertiary/aromatic N) is 1. The van der Waals surface area contributed by atoms with Gasteiger partial charge in [-0.25, -0.2) is 0 Å². The minimum atomic E-state index is 0.197. The van der Waals surface area contributed by atoms with E-state index >= 15 is 0 Å². The SMILES string of the molecule is CC(C)(C(N)C1CCCCC1)N1CCCCC1. The summed E-state index contributed by atoms with van der Waals surface area (Å²) in [5.74, 6) is 0.765. The van der Waals surface area contributed by atoms with E-state index in [0.29, 0.717) is 6.04 Å². The van der Waals surface area contributed by atoms with E-state index in [1.807, 2.05) is 0 Å². The summed E-state index contributed by atoms with van der Waals surface area (Å²) in [7, 11) is 0. The molecule has 100 valence electrons. The number of rotatable bonds is 3. The molecule has 1 saturated carbocycles. The van der Waals surface area contributed by atoms with Gasteiger partial charge in [0, 0.05) is 11.6 Å². The average molecular weight is 238 g/mol. The average Bonchev–Trinajstić information content (AvgIpc) is 2.40. The number of nitrogens with two attached hydrogens (primary N) is 1. The highest BCUT2D eigenvalue weighted by Gasteiger charge is 2.38. The van der Waals surface area contributed by atoms with Crippen LogP contribution in [0.3, 0.4) is 0 Å². The van der Waals surface area contributed by atoms with Crippen molar-refractivity contribution in [2.45, 2.75) is 76.8 Å². The third-order valence-corrected chi connectivity index (χ3v) is 5.14. The molecule has 0 radical (unpaired) electrons. The lowest BCUT2D eigenvalue weighted by Crippen LogP contribution is -2.60. The molecule has 0 bridgehead atoms. The molecule has 1 aliphatic carbocycles. The Morgan fingerprint density at radius 3 is 2.06 bits per heavy atom. The van der Waals surface area contributed by atoms with E-state index in [1.165, 1.54) is 64.5 Å². The molecule has 17 heavy (non-hydrogen) atoms. The van der Waals surface area contributed by atoms with Crippen LogP contribution in [0.2, 0.25) is 0 Å². The predicted octanol–water partition coefficient (Wildman–Crippen LogP) is 3.16. The van der Waals surface area contributed by atoms with Crippen molar-refractivity contribution in [3.05, 3.63) is 0 Å². The summed E-state index contributed by atoms with van der Waals surface area (Å²) < 4.78 is 0. The van der Waals surface area contributed by atoms with Gasteiger partial charge in [0.1, 0.15) is 0 Å². The third-order valence-electron chi connectivity index (χ3n) is 5.14. The van der Waals surface area contributed by atoms with Crippen molar-refractivity contribution < 1.29 is 0 Å². The first-order valence-corrected chi connectivity index (χ1v) is 7.63. The Morgan fingerprint density at radius 1 is 0.941 bits per heavy atom. The summed E-state index contributed by atoms with van der Waals surface area (Å²) in [5.41, 5.74) is 6.81. The molecule has 2 aliphatic rings. The monoisotopic (exact) mass is 238 g/mol. The first-order valence-electron chi connectivity index (χ1n) is 7.63. The first kappa shape index (κ1) is 13.4. The molecule has 2 rings (SSSR count). The summed E-state index contributed by atoms with van der Waals surface area (Å²) >= 11 is 0. The molecule has 1 heterocycles. The van der Waals surface area contributed by atoms with Crippen LogP contribution in [0.4, 0.5) is 0 Å². The van der Waals surface area contributed by atoms with Gasteiger partial charge in [-0.1, -0.05) is 25.7 Å². The molecule has 0 amide bonds. The normalized spacial score (nSPS) is 27.0. The molecule has 1 unspecified atom stereocenters. The van der Waals surface area contributed by atoms with Crippen LogP contribution in [-0.4, -0.2) is 29.6 Å². The molecule has 1 atom stereocenters. The van der Waals surface area contributed by atoms with Crippen molar-refractivity contribution >= 4 is 0 Å². The summed E-state index contributed by atoms with van der Waals surface area (Å²) in [4.78, 5) is 2.65. The molecule has 2 nitrogen and oxygen atoms in total. The summed E-state index contributed by atoms with van der Waals surface area (Å²) in [6, 6.07) is 0.362. The van der Waals surface area contributed by atoms with E-state index in [9.17, 15) is 0 Å². The number of hydrogen-bond donors (Lipinski definition) is 1. The van der Waals surface area contributed by atoms with Crippen molar-refractivity contribution in [2.75, 3.05) is 13.1 Å². The Bertz CT molecular complexity index is 225. The fourth-order valence-corrected chi connectivity index (χ4v) is 3.75. The third kappa shape index (κ3) is 3.03. The van der Waals surface area contributed by atoms with Gasteiger partial charge in [0.2, 0.25) is 0 Å². The molecule has 1 saturated heterocycles. The molecular weight excluding hydrogens is 208 g/mol. The van der Waals surface area contributed by atoms with Crippen LogP contribution < -0.4 is 5.73 Å². The molecule has 0 aromatic heterocycles. The van der Waals surface area contributed by atoms with Crippen LogP contribution in [-0.2, 0) is 0 Å². The molecule has 2 N–H and O–H groups in total. The van der Waals surface area contributed by atoms with E-state index in [0.717, 1.165) is 5.92 Å². The van der Waals surface area contributed by atoms with E-state index in [-0.39, 0.29) is 5.54 Å². The zero-order valence-electron chi connectivity index (χ0n) is 11.8. The fourth-order valence-electron chi connectivity index (χ4n) is 3.75. The van der Waals surface area contributed by atoms with Crippen molar-refractivity contribution in [1.29, 1.82) is 0 Å². The van der Waals surface area contributed by atoms with Gasteiger partial charge in [0.05, 0.1) is 0 Å². The molecule has 0 spiro atoms. The number of piperidine rings is 1. The highest BCUT2D eigenvalue weighted by atomic mass is 15.2. The van der Waals surface area contributed by atoms with E-state index in [4.69, 9.17) is 5.73 Å². The van der Waals surface area contributed by atoms with E-state index in [1.54, 1.807) is 0 Å². The Kier molecular flexibility index (Phi) is 4.48. The quantitative estimate of drug-likeness (QED) is 0.818. The van der Waals surface area contributed by atoms with Crippen LogP contribution >= 0.6 is 0 Å². The zero-order valence-corrected chi connectivity index (χ0v) is 11.8. The molecule has 0 aromatic rings. The summed E-state index contributed by atoms with van der Waals surface area (Å²) in [6.45, 7) is 7.26. The van der Waals surface area contributed by atoms with E-state index < -0.39 is 0 Å². The maximum Gasteiger partial charge on any atom is 0.0306 e. The zero-order chi connectivity index (χ0) is 12.3. The fraction of sp³-hybridized carbons (Fsp3) is 1.00. The van der Waals surface area contributed by atoms with Gasteiger partial charge in [-0.3, -0.25) is 4.90 Å². The second-order valence-electron chi connectivity index (χ2n) is 6.63. The standard InChI is InChI=1S/C15H30N2/c1-15(2,17-11-7-4-8-12-17)14(16)13-9-5-3-6-10-13/h13-14H,3-12,16H2,1-2H3. The summed E-state index contributed by atoms with van der Waals surface area (Å²) in [5, 5.41) is 0. The van der Waals surface area contributed by atoms with Gasteiger partial charge < -0.3 is 5.73 Å². The maximum atomic E-state index is 6.62. The lowest BCUT2D eigenvalue weighted by molar-refractivity contribution is 0.0472. The van der Waals surface area contributed by atoms with E-state index in [2.05, 4.69) is 18.7 Å². The van der Waals surface area contributed by atoms with Crippen LogP contribution in [0.25, 0.3) is 0 Å². The van der Waals surface area contributed by atoms with Gasteiger partial charge in [0.25, 0.3) is 0 Å². The van der Waals surface area contributed by atoms with Crippen LogP contribution in [0.5, 0.6) is 0 Å². The van der Waals surface area contributed by atoms with Crippen LogP contribution in [0, 0.1) is 5.92 Å². The lowest BCUT2D eigenvalue weighted by Gasteiger charge is -2.47. The number of likely N-dealkylation sites (tertiary alicyclic amines) is 1. The van der Waals surface area contributed by atoms with Crippen molar-refractivity contribution in [1.82, 2.24) is 4.90 Å². The van der Waals surface area contributed by atoms with Gasteiger partial charge in [-0.05, 0) is 58.5 Å². The van der Waals surface area contributed by atoms with Gasteiger partial charge >= 0.3 is 0 Å². The molecule has 2 fully saturated rings. The second-order valence-corrected chi connectivity index (χ2v) is 6.63. The smallest absolute Gasteiger partial charge is 0.0306 e. The van der Waals surface area contributed by atoms with Crippen LogP contribution in [0.15, 0.2) is 0 Å². The lowest BCUT2D eigenvalue weighted by atomic mass is 9.75. The van der Waals surface area contributed by atoms with Crippen LogP contribution in [0.1, 0.15) is 65.2 Å². The number of hydrogen-bond acceptors (Lipinski definition) is 2. The largest absolute Gasteiger partial charge is 0.326 e. The molecule has 2 heteroatoms. The first-order chi connectivity index (χ1) is 8.12. The Morgan fingerprint density at radius 2 is 1.47 bits per heavy atom. The van der Waals surface area contributed by atoms with Gasteiger partial charge in [-0.2, -0.15) is 0 Å². The minimum absolute atomic E-state index is 0.197. The Labute approximate surface area is 107 Å². The topological polar surface area (TPSA) is 29.3 Å². The Balaban J connectivity index is 1.96. The highest BCUT2D eigenvalue weighted by molar-refractivity contribution is 4.96. The second kappa shape index (κ2) is 5.71. The van der Waals surface area contributed by atoms with Crippen molar-refractivity contribution in [2.24, 2.45) is 11.7 Å². The minimum Gasteiger partial charge on any atom is -0.326 e. The maximum absolute atomic E-state index is 6.62. The van der Waals surface area contributed by atoms with Gasteiger partial charge in [-0.15, -0.1) is 0 Å². The predicted molar refractivity (Wildman–Crippen MR) is 74.1 cm³/mol. The van der Waals surface area contributed by atoms with Crippen molar-refractivity contribution in [3.63, 3.8) is 0 Å². The highest BCUT2D eigenvalue weighted by Crippen LogP contribution is 2.33. The summed E-state index contributed by atoms with van der Waals surface area (Å²) in [6.07, 6.45) is 11.1. The Hall–Kier alpha value is -0.0800. The van der Waals surface area contributed by atoms with Crippen molar-refractivity contribution in [3.8, 4) is 0 Å². The molecule has 0 aromatic carbocycles. The van der Waals surface area contributed by atoms with Gasteiger partial charge in [0.15, 0.2) is 0 Å². The molecule has 1 aliphatic heterocycles. The molecular formula is C15H30N2.